The van der Waals surface area contributed by atoms with Crippen molar-refractivity contribution in [1.82, 2.24) is 15.2 Å². The summed E-state index contributed by atoms with van der Waals surface area (Å²) in [6.07, 6.45) is 1.52. The predicted molar refractivity (Wildman–Crippen MR) is 82.0 cm³/mol. The van der Waals surface area contributed by atoms with Crippen molar-refractivity contribution < 1.29 is 0 Å². The van der Waals surface area contributed by atoms with Gasteiger partial charge in [0, 0.05) is 5.02 Å². The molecule has 1 N–H and O–H groups in total. The fourth-order valence-corrected chi connectivity index (χ4v) is 3.11. The molecule has 0 saturated carbocycles. The van der Waals surface area contributed by atoms with E-state index in [-0.39, 0.29) is 5.25 Å². The topological polar surface area (TPSA) is 41.6 Å². The van der Waals surface area contributed by atoms with Crippen molar-refractivity contribution >= 4 is 23.4 Å². The highest BCUT2D eigenvalue weighted by Gasteiger charge is 2.17. The maximum Gasteiger partial charge on any atom is 0.184 e. The van der Waals surface area contributed by atoms with Crippen molar-refractivity contribution in [2.24, 2.45) is 0 Å². The van der Waals surface area contributed by atoms with Crippen LogP contribution in [0.3, 0.4) is 0 Å². The number of thioether (sulfide) groups is 1. The molecule has 5 heteroatoms. The minimum absolute atomic E-state index is 0.154. The summed E-state index contributed by atoms with van der Waals surface area (Å²) >= 11 is 7.60. The Morgan fingerprint density at radius 1 is 0.950 bits per heavy atom. The zero-order valence-electron chi connectivity index (χ0n) is 10.5. The summed E-state index contributed by atoms with van der Waals surface area (Å²) in [6.45, 7) is 0. The molecule has 0 radical (unpaired) electrons. The summed E-state index contributed by atoms with van der Waals surface area (Å²) in [7, 11) is 0. The molecular weight excluding hydrogens is 290 g/mol. The maximum atomic E-state index is 5.97. The summed E-state index contributed by atoms with van der Waals surface area (Å²) in [5, 5.41) is 8.49. The molecule has 0 fully saturated rings. The molecule has 1 atom stereocenters. The molecular formula is C15H12ClN3S. The van der Waals surface area contributed by atoms with Crippen LogP contribution in [-0.4, -0.2) is 15.2 Å². The van der Waals surface area contributed by atoms with E-state index in [4.69, 9.17) is 11.6 Å². The molecule has 1 aromatic heterocycles. The Bertz CT molecular complexity index is 653. The van der Waals surface area contributed by atoms with Crippen LogP contribution in [0.5, 0.6) is 0 Å². The summed E-state index contributed by atoms with van der Waals surface area (Å²) in [5.74, 6) is 0. The highest BCUT2D eigenvalue weighted by molar-refractivity contribution is 7.99. The van der Waals surface area contributed by atoms with Crippen molar-refractivity contribution in [1.29, 1.82) is 0 Å². The second-order valence-electron chi connectivity index (χ2n) is 4.25. The predicted octanol–water partition coefficient (Wildman–Crippen LogP) is 4.34. The maximum absolute atomic E-state index is 5.97. The van der Waals surface area contributed by atoms with Gasteiger partial charge in [0.15, 0.2) is 5.16 Å². The minimum Gasteiger partial charge on any atom is -0.254 e. The van der Waals surface area contributed by atoms with Gasteiger partial charge >= 0.3 is 0 Å². The Morgan fingerprint density at radius 3 is 2.30 bits per heavy atom. The standard InChI is InChI=1S/C15H12ClN3S/c16-13-8-6-12(7-9-13)14(11-4-2-1-3-5-11)20-15-17-10-18-19-15/h1-10,14H,(H,17,18,19). The number of rotatable bonds is 4. The zero-order chi connectivity index (χ0) is 13.8. The lowest BCUT2D eigenvalue weighted by Gasteiger charge is -2.16. The van der Waals surface area contributed by atoms with Crippen molar-refractivity contribution in [3.05, 3.63) is 77.1 Å². The summed E-state index contributed by atoms with van der Waals surface area (Å²) in [5.41, 5.74) is 2.40. The van der Waals surface area contributed by atoms with Gasteiger partial charge in [-0.15, -0.1) is 0 Å². The third-order valence-electron chi connectivity index (χ3n) is 2.90. The normalized spacial score (nSPS) is 12.2. The Hall–Kier alpha value is -1.78. The Kier molecular flexibility index (Phi) is 4.04. The summed E-state index contributed by atoms with van der Waals surface area (Å²) < 4.78 is 0. The van der Waals surface area contributed by atoms with Gasteiger partial charge in [0.25, 0.3) is 0 Å². The lowest BCUT2D eigenvalue weighted by Crippen LogP contribution is -1.97. The largest absolute Gasteiger partial charge is 0.254 e. The molecule has 0 spiro atoms. The molecule has 0 aliphatic carbocycles. The molecule has 20 heavy (non-hydrogen) atoms. The van der Waals surface area contributed by atoms with Gasteiger partial charge in [-0.1, -0.05) is 65.8 Å². The summed E-state index contributed by atoms with van der Waals surface area (Å²) in [6, 6.07) is 18.2. The van der Waals surface area contributed by atoms with Gasteiger partial charge in [0.05, 0.1) is 5.25 Å². The average molecular weight is 302 g/mol. The molecule has 0 saturated heterocycles. The molecule has 3 rings (SSSR count). The number of hydrogen-bond acceptors (Lipinski definition) is 3. The quantitative estimate of drug-likeness (QED) is 0.729. The van der Waals surface area contributed by atoms with Crippen LogP contribution >= 0.6 is 23.4 Å². The number of nitrogens with one attached hydrogen (secondary N) is 1. The monoisotopic (exact) mass is 301 g/mol. The van der Waals surface area contributed by atoms with Crippen LogP contribution < -0.4 is 0 Å². The molecule has 0 aliphatic heterocycles. The smallest absolute Gasteiger partial charge is 0.184 e. The van der Waals surface area contributed by atoms with E-state index in [1.807, 2.05) is 42.5 Å². The second-order valence-corrected chi connectivity index (χ2v) is 5.78. The Morgan fingerprint density at radius 2 is 1.65 bits per heavy atom. The third kappa shape index (κ3) is 3.03. The number of benzene rings is 2. The molecule has 0 amide bonds. The van der Waals surface area contributed by atoms with Crippen molar-refractivity contribution in [3.63, 3.8) is 0 Å². The number of halogens is 1. The lowest BCUT2D eigenvalue weighted by atomic mass is 10.0. The van der Waals surface area contributed by atoms with Gasteiger partial charge in [-0.05, 0) is 23.3 Å². The molecule has 3 nitrogen and oxygen atoms in total. The molecule has 1 unspecified atom stereocenters. The van der Waals surface area contributed by atoms with Gasteiger partial charge in [-0.3, -0.25) is 5.10 Å². The van der Waals surface area contributed by atoms with E-state index in [1.54, 1.807) is 11.8 Å². The average Bonchev–Trinajstić information content (AvgIpc) is 3.00. The highest BCUT2D eigenvalue weighted by Crippen LogP contribution is 2.38. The lowest BCUT2D eigenvalue weighted by molar-refractivity contribution is 0.965. The van der Waals surface area contributed by atoms with Crippen LogP contribution in [0.25, 0.3) is 0 Å². The van der Waals surface area contributed by atoms with E-state index in [9.17, 15) is 0 Å². The first kappa shape index (κ1) is 13.2. The number of aromatic amines is 1. The number of H-pyrrole nitrogens is 1. The molecule has 2 aromatic carbocycles. The Labute approximate surface area is 126 Å². The van der Waals surface area contributed by atoms with E-state index in [2.05, 4.69) is 27.3 Å². The SMILES string of the molecule is Clc1ccc(C(Sc2ncn[nH]2)c2ccccc2)cc1. The van der Waals surface area contributed by atoms with Crippen LogP contribution in [0.2, 0.25) is 5.02 Å². The number of hydrogen-bond donors (Lipinski definition) is 1. The van der Waals surface area contributed by atoms with Gasteiger partial charge in [-0.2, -0.15) is 5.10 Å². The molecule has 0 aliphatic rings. The van der Waals surface area contributed by atoms with Crippen LogP contribution in [0.1, 0.15) is 16.4 Å². The highest BCUT2D eigenvalue weighted by atomic mass is 35.5. The minimum atomic E-state index is 0.154. The molecule has 100 valence electrons. The van der Waals surface area contributed by atoms with Crippen LogP contribution in [-0.2, 0) is 0 Å². The van der Waals surface area contributed by atoms with Crippen molar-refractivity contribution in [3.8, 4) is 0 Å². The Balaban J connectivity index is 1.97. The number of nitrogens with zero attached hydrogens (tertiary/aromatic N) is 2. The van der Waals surface area contributed by atoms with Gasteiger partial charge in [0.2, 0.25) is 0 Å². The van der Waals surface area contributed by atoms with Crippen molar-refractivity contribution in [2.75, 3.05) is 0 Å². The van der Waals surface area contributed by atoms with E-state index >= 15 is 0 Å². The van der Waals surface area contributed by atoms with Crippen LogP contribution in [0, 0.1) is 0 Å². The molecule has 0 bridgehead atoms. The first-order valence-electron chi connectivity index (χ1n) is 6.15. The van der Waals surface area contributed by atoms with Gasteiger partial charge in [-0.25, -0.2) is 4.98 Å². The fraction of sp³-hybridized carbons (Fsp3) is 0.0667. The second kappa shape index (κ2) is 6.11. The first-order valence-corrected chi connectivity index (χ1v) is 7.41. The zero-order valence-corrected chi connectivity index (χ0v) is 12.1. The van der Waals surface area contributed by atoms with Crippen LogP contribution in [0.4, 0.5) is 0 Å². The molecule has 1 heterocycles. The fourth-order valence-electron chi connectivity index (χ4n) is 1.96. The van der Waals surface area contributed by atoms with Gasteiger partial charge < -0.3 is 0 Å². The third-order valence-corrected chi connectivity index (χ3v) is 4.35. The van der Waals surface area contributed by atoms with Crippen LogP contribution in [0.15, 0.2) is 66.1 Å². The van der Waals surface area contributed by atoms with E-state index in [0.717, 1.165) is 10.2 Å². The number of aromatic nitrogens is 3. The molecule has 3 aromatic rings. The van der Waals surface area contributed by atoms with E-state index in [1.165, 1.54) is 17.5 Å². The van der Waals surface area contributed by atoms with E-state index in [0.29, 0.717) is 0 Å². The van der Waals surface area contributed by atoms with E-state index < -0.39 is 0 Å². The summed E-state index contributed by atoms with van der Waals surface area (Å²) in [4.78, 5) is 4.19. The van der Waals surface area contributed by atoms with Crippen molar-refractivity contribution in [2.45, 2.75) is 10.4 Å². The van der Waals surface area contributed by atoms with Gasteiger partial charge in [0.1, 0.15) is 6.33 Å². The first-order chi connectivity index (χ1) is 9.83.